The number of nitroso groups, excluding NO2 is 1. The maximum Gasteiger partial charge on any atom is 0.157 e. The Morgan fingerprint density at radius 2 is 1.60 bits per heavy atom. The van der Waals surface area contributed by atoms with E-state index in [-0.39, 0.29) is 17.2 Å². The van der Waals surface area contributed by atoms with E-state index in [0.717, 1.165) is 18.8 Å². The zero-order valence-corrected chi connectivity index (χ0v) is 15.2. The molecule has 1 fully saturated rings. The highest BCUT2D eigenvalue weighted by Gasteiger charge is 2.31. The molecule has 0 bridgehead atoms. The fourth-order valence-corrected chi connectivity index (χ4v) is 4.25. The van der Waals surface area contributed by atoms with Gasteiger partial charge in [0.25, 0.3) is 0 Å². The molecule has 1 saturated carbocycles. The fourth-order valence-electron chi connectivity index (χ4n) is 4.25. The van der Waals surface area contributed by atoms with Crippen LogP contribution in [-0.2, 0) is 6.42 Å². The highest BCUT2D eigenvalue weighted by atomic mass is 16.3. The second-order valence-electron chi connectivity index (χ2n) is 8.45. The number of hydrogen-bond donors (Lipinski definition) is 2. The Hall–Kier alpha value is -2.10. The summed E-state index contributed by atoms with van der Waals surface area (Å²) in [6, 6.07) is 7.04. The van der Waals surface area contributed by atoms with Gasteiger partial charge in [0, 0.05) is 16.3 Å². The first-order valence-corrected chi connectivity index (χ1v) is 9.11. The molecule has 1 aliphatic carbocycles. The van der Waals surface area contributed by atoms with Crippen LogP contribution in [0, 0.1) is 22.2 Å². The number of aromatic hydroxyl groups is 2. The summed E-state index contributed by atoms with van der Waals surface area (Å²) in [4.78, 5) is 11.3. The average Bonchev–Trinajstić information content (AvgIpc) is 2.59. The summed E-state index contributed by atoms with van der Waals surface area (Å²) in [5.41, 5.74) is 0.826. The predicted octanol–water partition coefficient (Wildman–Crippen LogP) is 6.04. The molecule has 3 rings (SSSR count). The summed E-state index contributed by atoms with van der Waals surface area (Å²) in [7, 11) is 0. The number of hydrogen-bond acceptors (Lipinski definition) is 4. The maximum absolute atomic E-state index is 11.3. The van der Waals surface area contributed by atoms with Crippen molar-refractivity contribution in [2.24, 2.45) is 22.4 Å². The van der Waals surface area contributed by atoms with Crippen LogP contribution < -0.4 is 0 Å². The molecule has 0 amide bonds. The topological polar surface area (TPSA) is 69.9 Å². The van der Waals surface area contributed by atoms with Gasteiger partial charge in [-0.15, -0.1) is 4.91 Å². The number of benzene rings is 2. The summed E-state index contributed by atoms with van der Waals surface area (Å²) in [6.45, 7) is 6.88. The van der Waals surface area contributed by atoms with E-state index in [1.807, 2.05) is 6.07 Å². The Balaban J connectivity index is 1.89. The fraction of sp³-hybridized carbons (Fsp3) is 0.524. The third-order valence-corrected chi connectivity index (χ3v) is 5.89. The van der Waals surface area contributed by atoms with Crippen molar-refractivity contribution in [2.75, 3.05) is 0 Å². The van der Waals surface area contributed by atoms with Gasteiger partial charge in [0.05, 0.1) is 0 Å². The van der Waals surface area contributed by atoms with Crippen molar-refractivity contribution in [1.82, 2.24) is 0 Å². The number of phenolic OH excluding ortho intramolecular Hbond substituents is 2. The van der Waals surface area contributed by atoms with Gasteiger partial charge in [0.1, 0.15) is 5.75 Å². The van der Waals surface area contributed by atoms with E-state index < -0.39 is 0 Å². The lowest BCUT2D eigenvalue weighted by molar-refractivity contribution is 0.149. The van der Waals surface area contributed by atoms with Crippen molar-refractivity contribution in [3.05, 3.63) is 34.7 Å². The maximum atomic E-state index is 11.3. The quantitative estimate of drug-likeness (QED) is 0.668. The molecular formula is C21H27NO3. The first kappa shape index (κ1) is 17.7. The highest BCUT2D eigenvalue weighted by molar-refractivity contribution is 6.00. The Kier molecular flexibility index (Phi) is 4.72. The Bertz CT molecular complexity index is 784. The van der Waals surface area contributed by atoms with Gasteiger partial charge in [-0.25, -0.2) is 0 Å². The predicted molar refractivity (Wildman–Crippen MR) is 101 cm³/mol. The molecule has 2 aromatic rings. The third-order valence-electron chi connectivity index (χ3n) is 5.89. The Morgan fingerprint density at radius 1 is 1.00 bits per heavy atom. The van der Waals surface area contributed by atoms with Gasteiger partial charge in [-0.3, -0.25) is 0 Å². The van der Waals surface area contributed by atoms with Crippen LogP contribution in [0.3, 0.4) is 0 Å². The lowest BCUT2D eigenvalue weighted by Crippen LogP contribution is -2.26. The van der Waals surface area contributed by atoms with E-state index in [4.69, 9.17) is 0 Å². The molecule has 0 heterocycles. The summed E-state index contributed by atoms with van der Waals surface area (Å²) < 4.78 is 0. The SMILES string of the molecule is CC(C)(C)C1CCC(Cc2c(O)c(N=O)c3ccccc3c2O)CC1. The third kappa shape index (κ3) is 3.35. The molecule has 0 radical (unpaired) electrons. The Morgan fingerprint density at radius 3 is 2.16 bits per heavy atom. The lowest BCUT2D eigenvalue weighted by Gasteiger charge is -2.37. The molecule has 0 atom stereocenters. The first-order valence-electron chi connectivity index (χ1n) is 9.11. The molecule has 2 N–H and O–H groups in total. The van der Waals surface area contributed by atoms with Gasteiger partial charge in [-0.2, -0.15) is 0 Å². The van der Waals surface area contributed by atoms with Crippen molar-refractivity contribution in [1.29, 1.82) is 0 Å². The number of phenols is 2. The second kappa shape index (κ2) is 6.66. The van der Waals surface area contributed by atoms with Crippen LogP contribution in [0.2, 0.25) is 0 Å². The van der Waals surface area contributed by atoms with Crippen molar-refractivity contribution in [2.45, 2.75) is 52.9 Å². The standard InChI is InChI=1S/C21H27NO3/c1-21(2,3)14-10-8-13(9-11-14)12-17-19(23)16-7-5-4-6-15(16)18(22-25)20(17)24/h4-7,13-14,23-24H,8-12H2,1-3H3. The molecule has 0 aliphatic heterocycles. The normalized spacial score (nSPS) is 21.4. The van der Waals surface area contributed by atoms with Gasteiger partial charge < -0.3 is 10.2 Å². The van der Waals surface area contributed by atoms with Crippen molar-refractivity contribution < 1.29 is 10.2 Å². The summed E-state index contributed by atoms with van der Waals surface area (Å²) in [6.07, 6.45) is 5.08. The molecule has 2 aromatic carbocycles. The minimum atomic E-state index is -0.163. The monoisotopic (exact) mass is 341 g/mol. The number of fused-ring (bicyclic) bond motifs is 1. The van der Waals surface area contributed by atoms with Crippen LogP contribution >= 0.6 is 0 Å². The van der Waals surface area contributed by atoms with E-state index in [9.17, 15) is 15.1 Å². The molecule has 0 unspecified atom stereocenters. The zero-order chi connectivity index (χ0) is 18.2. The van der Waals surface area contributed by atoms with Gasteiger partial charge in [0.15, 0.2) is 11.4 Å². The molecule has 0 spiro atoms. The summed E-state index contributed by atoms with van der Waals surface area (Å²) in [5.74, 6) is 1.05. The van der Waals surface area contributed by atoms with Gasteiger partial charge in [0.2, 0.25) is 0 Å². The van der Waals surface area contributed by atoms with E-state index in [2.05, 4.69) is 25.9 Å². The summed E-state index contributed by atoms with van der Waals surface area (Å²) in [5, 5.41) is 25.3. The molecule has 4 heteroatoms. The minimum Gasteiger partial charge on any atom is -0.507 e. The van der Waals surface area contributed by atoms with Crippen LogP contribution in [0.5, 0.6) is 11.5 Å². The second-order valence-corrected chi connectivity index (χ2v) is 8.45. The molecule has 134 valence electrons. The minimum absolute atomic E-state index is 0.0341. The number of rotatable bonds is 3. The van der Waals surface area contributed by atoms with Gasteiger partial charge in [-0.05, 0) is 54.5 Å². The van der Waals surface area contributed by atoms with E-state index in [1.54, 1.807) is 18.2 Å². The zero-order valence-electron chi connectivity index (χ0n) is 15.2. The molecule has 25 heavy (non-hydrogen) atoms. The molecule has 4 nitrogen and oxygen atoms in total. The highest BCUT2D eigenvalue weighted by Crippen LogP contribution is 2.47. The molecular weight excluding hydrogens is 314 g/mol. The van der Waals surface area contributed by atoms with Crippen molar-refractivity contribution >= 4 is 16.5 Å². The molecule has 0 saturated heterocycles. The average molecular weight is 341 g/mol. The van der Waals surface area contributed by atoms with E-state index in [1.165, 1.54) is 12.8 Å². The molecule has 0 aromatic heterocycles. The van der Waals surface area contributed by atoms with Gasteiger partial charge in [-0.1, -0.05) is 45.0 Å². The van der Waals surface area contributed by atoms with Gasteiger partial charge >= 0.3 is 0 Å². The van der Waals surface area contributed by atoms with E-state index in [0.29, 0.717) is 34.1 Å². The van der Waals surface area contributed by atoms with Crippen LogP contribution in [0.15, 0.2) is 29.4 Å². The van der Waals surface area contributed by atoms with Crippen LogP contribution in [-0.4, -0.2) is 10.2 Å². The van der Waals surface area contributed by atoms with Crippen LogP contribution in [0.1, 0.15) is 52.0 Å². The number of nitrogens with zero attached hydrogens (tertiary/aromatic N) is 1. The molecule has 1 aliphatic rings. The van der Waals surface area contributed by atoms with Crippen LogP contribution in [0.25, 0.3) is 10.8 Å². The summed E-state index contributed by atoms with van der Waals surface area (Å²) >= 11 is 0. The lowest BCUT2D eigenvalue weighted by atomic mass is 9.69. The van der Waals surface area contributed by atoms with Crippen LogP contribution in [0.4, 0.5) is 5.69 Å². The van der Waals surface area contributed by atoms with Crippen molar-refractivity contribution in [3.63, 3.8) is 0 Å². The Labute approximate surface area is 148 Å². The van der Waals surface area contributed by atoms with E-state index >= 15 is 0 Å². The smallest absolute Gasteiger partial charge is 0.157 e. The largest absolute Gasteiger partial charge is 0.507 e. The van der Waals surface area contributed by atoms with Crippen molar-refractivity contribution in [3.8, 4) is 11.5 Å². The first-order chi connectivity index (χ1) is 11.8.